The Labute approximate surface area is 163 Å². The van der Waals surface area contributed by atoms with E-state index in [9.17, 15) is 66.6 Å². The number of halogens is 12. The van der Waals surface area contributed by atoms with Crippen LogP contribution in [0.25, 0.3) is 0 Å². The van der Waals surface area contributed by atoms with E-state index in [1.54, 1.807) is 0 Å². The van der Waals surface area contributed by atoms with Crippen LogP contribution in [0.3, 0.4) is 0 Å². The minimum Gasteiger partial charge on any atom is -0.305 e. The zero-order chi connectivity index (χ0) is 25.3. The summed E-state index contributed by atoms with van der Waals surface area (Å²) < 4.78 is 188. The van der Waals surface area contributed by atoms with E-state index in [4.69, 9.17) is 0 Å². The van der Waals surface area contributed by atoms with E-state index in [1.165, 1.54) is 0 Å². The minimum atomic E-state index is -7.21. The van der Waals surface area contributed by atoms with Gasteiger partial charge in [-0.25, -0.2) is 9.13 Å². The zero-order valence-corrected chi connectivity index (χ0v) is 16.2. The Bertz CT molecular complexity index is 656. The number of carbonyl (C=O) groups is 1. The number of nitrogens with one attached hydrogen (secondary N) is 1. The molecule has 0 saturated carbocycles. The van der Waals surface area contributed by atoms with Crippen LogP contribution in [-0.4, -0.2) is 56.8 Å². The van der Waals surface area contributed by atoms with Crippen molar-refractivity contribution in [2.45, 2.75) is 36.9 Å². The molecule has 0 aromatic carbocycles. The maximum Gasteiger partial charge on any atom is 0.437 e. The van der Waals surface area contributed by atoms with Crippen molar-refractivity contribution < 1.29 is 84.7 Å². The smallest absolute Gasteiger partial charge is 0.305 e. The summed E-state index contributed by atoms with van der Waals surface area (Å²) >= 11 is 0. The number of amides is 1. The third-order valence-electron chi connectivity index (χ3n) is 2.64. The van der Waals surface area contributed by atoms with E-state index in [0.29, 0.717) is 14.2 Å². The first kappa shape index (κ1) is 29.9. The summed E-state index contributed by atoms with van der Waals surface area (Å²) in [5.74, 6) is 0. The number of rotatable bonds is 8. The van der Waals surface area contributed by atoms with E-state index >= 15 is 0 Å². The number of carbonyl (C=O) groups excluding carboxylic acids is 1. The van der Waals surface area contributed by atoms with Crippen LogP contribution in [0.4, 0.5) is 57.5 Å². The molecule has 22 heteroatoms. The molecule has 0 heterocycles. The molecule has 1 N–H and O–H groups in total. The molecule has 0 spiro atoms. The van der Waals surface area contributed by atoms with Gasteiger partial charge in [0, 0.05) is 14.2 Å². The Balaban J connectivity index is 6.52. The molecule has 0 unspecified atom stereocenters. The second-order valence-electron chi connectivity index (χ2n) is 4.91. The Morgan fingerprint density at radius 3 is 1.13 bits per heavy atom. The molecular weight excluding hydrogens is 524 g/mol. The average molecular weight is 533 g/mol. The van der Waals surface area contributed by atoms with Gasteiger partial charge in [0.2, 0.25) is 0 Å². The van der Waals surface area contributed by atoms with Gasteiger partial charge in [0.05, 0.1) is 0 Å². The molecule has 1 amide bonds. The first-order valence-electron chi connectivity index (χ1n) is 6.71. The lowest BCUT2D eigenvalue weighted by Gasteiger charge is -2.31. The molecule has 0 aliphatic rings. The van der Waals surface area contributed by atoms with Crippen molar-refractivity contribution in [3.63, 3.8) is 0 Å². The summed E-state index contributed by atoms with van der Waals surface area (Å²) in [6, 6.07) is 0. The van der Waals surface area contributed by atoms with Crippen molar-refractivity contribution in [3.05, 3.63) is 0 Å². The van der Waals surface area contributed by atoms with Crippen molar-refractivity contribution in [1.29, 1.82) is 0 Å². The highest BCUT2D eigenvalue weighted by Crippen LogP contribution is 2.58. The van der Waals surface area contributed by atoms with E-state index in [1.807, 2.05) is 0 Å². The lowest BCUT2D eigenvalue weighted by molar-refractivity contribution is -0.314. The monoisotopic (exact) mass is 533 g/mol. The molecule has 0 rings (SSSR count). The van der Waals surface area contributed by atoms with Crippen LogP contribution in [0.15, 0.2) is 0 Å². The zero-order valence-electron chi connectivity index (χ0n) is 14.4. The Morgan fingerprint density at radius 1 is 0.677 bits per heavy atom. The summed E-state index contributed by atoms with van der Waals surface area (Å²) in [5.41, 5.74) is -2.65. The Hall–Kier alpha value is -1.07. The van der Waals surface area contributed by atoms with E-state index < -0.39 is 57.9 Å². The van der Waals surface area contributed by atoms with Crippen LogP contribution < -0.4 is 5.09 Å². The molecule has 0 fully saturated rings. The normalized spacial score (nSPS) is 15.0. The third-order valence-corrected chi connectivity index (χ3v) is 5.84. The predicted molar refractivity (Wildman–Crippen MR) is 71.7 cm³/mol. The fourth-order valence-electron chi connectivity index (χ4n) is 1.38. The van der Waals surface area contributed by atoms with Gasteiger partial charge in [-0.05, 0) is 0 Å². The molecule has 0 aromatic rings. The van der Waals surface area contributed by atoms with Gasteiger partial charge in [0.15, 0.2) is 0 Å². The van der Waals surface area contributed by atoms with Crippen molar-refractivity contribution in [1.82, 2.24) is 5.09 Å². The predicted octanol–water partition coefficient (Wildman–Crippen LogP) is 5.31. The average Bonchev–Trinajstić information content (AvgIpc) is 2.53. The molecule has 0 aliphatic carbocycles. The molecule has 186 valence electrons. The van der Waals surface area contributed by atoms with E-state index in [-0.39, 0.29) is 5.09 Å². The standard InChI is InChI=1S/C9H9F12NO7P2/c1-26-30(24,27-2)5(23)22-31(25,28-3(6(10,11)12)7(13,14)15)29-4(8(16,17)18)9(19,20)21/h3-4H,1-2H3,(H,22,23,25). The van der Waals surface area contributed by atoms with Gasteiger partial charge in [-0.3, -0.25) is 18.9 Å². The van der Waals surface area contributed by atoms with Crippen LogP contribution in [0.5, 0.6) is 0 Å². The lowest BCUT2D eigenvalue weighted by atomic mass is 10.3. The van der Waals surface area contributed by atoms with Gasteiger partial charge in [0.25, 0.3) is 12.2 Å². The molecule has 0 aliphatic heterocycles. The van der Waals surface area contributed by atoms with Crippen molar-refractivity contribution >= 4 is 21.0 Å². The molecule has 31 heavy (non-hydrogen) atoms. The summed E-state index contributed by atoms with van der Waals surface area (Å²) in [6.45, 7) is 0. The maximum absolute atomic E-state index is 12.6. The van der Waals surface area contributed by atoms with Gasteiger partial charge < -0.3 is 9.05 Å². The van der Waals surface area contributed by atoms with Gasteiger partial charge in [-0.15, -0.1) is 0 Å². The van der Waals surface area contributed by atoms with Gasteiger partial charge >= 0.3 is 45.7 Å². The van der Waals surface area contributed by atoms with Gasteiger partial charge in [0.1, 0.15) is 0 Å². The molecule has 0 radical (unpaired) electrons. The second-order valence-corrected chi connectivity index (χ2v) is 8.69. The first-order valence-corrected chi connectivity index (χ1v) is 9.79. The third kappa shape index (κ3) is 8.42. The van der Waals surface area contributed by atoms with E-state index in [2.05, 4.69) is 18.1 Å². The topological polar surface area (TPSA) is 100 Å². The Morgan fingerprint density at radius 2 is 0.935 bits per heavy atom. The van der Waals surface area contributed by atoms with Crippen LogP contribution in [0, 0.1) is 0 Å². The fourth-order valence-corrected chi connectivity index (χ4v) is 4.14. The highest BCUT2D eigenvalue weighted by Gasteiger charge is 2.65. The SMILES string of the molecule is COP(=O)(OC)C(=O)NP(=O)(OC(C(F)(F)F)C(F)(F)F)OC(C(F)(F)F)C(F)(F)F. The van der Waals surface area contributed by atoms with E-state index in [0.717, 1.165) is 0 Å². The molecular formula is C9H9F12NO7P2. The number of hydrogen-bond acceptors (Lipinski definition) is 7. The highest BCUT2D eigenvalue weighted by molar-refractivity contribution is 7.73. The van der Waals surface area contributed by atoms with Crippen LogP contribution in [0.2, 0.25) is 0 Å². The molecule has 0 bridgehead atoms. The van der Waals surface area contributed by atoms with Crippen molar-refractivity contribution in [3.8, 4) is 0 Å². The Kier molecular flexibility index (Phi) is 9.10. The summed E-state index contributed by atoms with van der Waals surface area (Å²) in [6.07, 6.45) is -37.1. The van der Waals surface area contributed by atoms with Crippen LogP contribution in [-0.2, 0) is 27.2 Å². The fraction of sp³-hybridized carbons (Fsp3) is 0.889. The number of hydrogen-bond donors (Lipinski definition) is 1. The molecule has 8 nitrogen and oxygen atoms in total. The molecule has 0 aromatic heterocycles. The second kappa shape index (κ2) is 9.43. The van der Waals surface area contributed by atoms with Gasteiger partial charge in [-0.1, -0.05) is 0 Å². The minimum absolute atomic E-state index is 0.244. The van der Waals surface area contributed by atoms with Gasteiger partial charge in [-0.2, -0.15) is 52.7 Å². The lowest BCUT2D eigenvalue weighted by Crippen LogP contribution is -2.48. The molecule has 0 atom stereocenters. The highest BCUT2D eigenvalue weighted by atomic mass is 31.2. The van der Waals surface area contributed by atoms with Crippen LogP contribution >= 0.6 is 15.3 Å². The maximum atomic E-state index is 12.6. The van der Waals surface area contributed by atoms with Crippen LogP contribution in [0.1, 0.15) is 0 Å². The van der Waals surface area contributed by atoms with Crippen molar-refractivity contribution in [2.75, 3.05) is 14.2 Å². The molecule has 0 saturated heterocycles. The summed E-state index contributed by atoms with van der Waals surface area (Å²) in [7, 11) is -11.8. The quantitative estimate of drug-likeness (QED) is 0.334. The van der Waals surface area contributed by atoms with Crippen molar-refractivity contribution in [2.24, 2.45) is 0 Å². The summed E-state index contributed by atoms with van der Waals surface area (Å²) in [5, 5.41) is 0.244. The first-order chi connectivity index (χ1) is 13.4. The largest absolute Gasteiger partial charge is 0.437 e. The number of alkyl halides is 12. The summed E-state index contributed by atoms with van der Waals surface area (Å²) in [4.78, 5) is 11.6.